The van der Waals surface area contributed by atoms with Gasteiger partial charge in [-0.3, -0.25) is 4.98 Å². The average Bonchev–Trinajstić information content (AvgIpc) is 2.28. The van der Waals surface area contributed by atoms with Gasteiger partial charge < -0.3 is 9.84 Å². The standard InChI is InChI=1S/C13H10ClNO3/c1-8-2-3-11(13(16)17)12(4-8)18-10-5-9(14)6-15-7-10/h2-7H,1H3,(H,16,17). The lowest BCUT2D eigenvalue weighted by Crippen LogP contribution is -2.00. The Kier molecular flexibility index (Phi) is 3.48. The van der Waals surface area contributed by atoms with Crippen molar-refractivity contribution in [3.8, 4) is 11.5 Å². The van der Waals surface area contributed by atoms with Crippen LogP contribution in [0.3, 0.4) is 0 Å². The quantitative estimate of drug-likeness (QED) is 0.920. The van der Waals surface area contributed by atoms with Gasteiger partial charge in [0.1, 0.15) is 17.1 Å². The van der Waals surface area contributed by atoms with Crippen molar-refractivity contribution in [1.82, 2.24) is 4.98 Å². The minimum Gasteiger partial charge on any atom is -0.478 e. The number of aromatic carboxylic acids is 1. The number of benzene rings is 1. The summed E-state index contributed by atoms with van der Waals surface area (Å²) in [6.45, 7) is 1.86. The lowest BCUT2D eigenvalue weighted by atomic mass is 10.1. The van der Waals surface area contributed by atoms with E-state index in [0.717, 1.165) is 5.56 Å². The van der Waals surface area contributed by atoms with Crippen LogP contribution in [0.4, 0.5) is 0 Å². The fraction of sp³-hybridized carbons (Fsp3) is 0.0769. The normalized spacial score (nSPS) is 10.1. The molecule has 0 fully saturated rings. The van der Waals surface area contributed by atoms with Crippen molar-refractivity contribution in [2.24, 2.45) is 0 Å². The van der Waals surface area contributed by atoms with E-state index in [4.69, 9.17) is 21.4 Å². The second kappa shape index (κ2) is 5.06. The molecule has 0 aliphatic carbocycles. The molecule has 5 heteroatoms. The van der Waals surface area contributed by atoms with Gasteiger partial charge in [0.05, 0.1) is 11.2 Å². The highest BCUT2D eigenvalue weighted by molar-refractivity contribution is 6.30. The fourth-order valence-electron chi connectivity index (χ4n) is 1.47. The third-order valence-electron chi connectivity index (χ3n) is 2.28. The molecule has 0 amide bonds. The molecule has 2 rings (SSSR count). The first kappa shape index (κ1) is 12.4. The van der Waals surface area contributed by atoms with Crippen LogP contribution in [0, 0.1) is 6.92 Å². The summed E-state index contributed by atoms with van der Waals surface area (Å²) in [6.07, 6.45) is 2.95. The maximum absolute atomic E-state index is 11.1. The Morgan fingerprint density at radius 3 is 2.78 bits per heavy atom. The van der Waals surface area contributed by atoms with Crippen molar-refractivity contribution >= 4 is 17.6 Å². The van der Waals surface area contributed by atoms with Crippen LogP contribution in [0.5, 0.6) is 11.5 Å². The number of aryl methyl sites for hydroxylation is 1. The summed E-state index contributed by atoms with van der Waals surface area (Å²) in [5, 5.41) is 9.50. The summed E-state index contributed by atoms with van der Waals surface area (Å²) in [5.74, 6) is -0.373. The second-order valence-corrected chi connectivity index (χ2v) is 4.18. The lowest BCUT2D eigenvalue weighted by Gasteiger charge is -2.09. The van der Waals surface area contributed by atoms with Crippen LogP contribution < -0.4 is 4.74 Å². The molecule has 1 aromatic heterocycles. The van der Waals surface area contributed by atoms with Gasteiger partial charge in [0, 0.05) is 12.3 Å². The summed E-state index contributed by atoms with van der Waals surface area (Å²) in [7, 11) is 0. The Morgan fingerprint density at radius 2 is 2.11 bits per heavy atom. The molecular formula is C13H10ClNO3. The van der Waals surface area contributed by atoms with Crippen LogP contribution >= 0.6 is 11.6 Å². The van der Waals surface area contributed by atoms with Crippen molar-refractivity contribution < 1.29 is 14.6 Å². The highest BCUT2D eigenvalue weighted by Gasteiger charge is 2.12. The molecule has 0 atom stereocenters. The molecule has 0 unspecified atom stereocenters. The van der Waals surface area contributed by atoms with Crippen LogP contribution in [0.2, 0.25) is 5.02 Å². The fourth-order valence-corrected chi connectivity index (χ4v) is 1.63. The van der Waals surface area contributed by atoms with Gasteiger partial charge in [0.15, 0.2) is 0 Å². The van der Waals surface area contributed by atoms with Gasteiger partial charge in [-0.15, -0.1) is 0 Å². The molecule has 0 radical (unpaired) electrons. The van der Waals surface area contributed by atoms with Crippen molar-refractivity contribution in [3.63, 3.8) is 0 Å². The number of nitrogens with zero attached hydrogens (tertiary/aromatic N) is 1. The van der Waals surface area contributed by atoms with Gasteiger partial charge in [0.25, 0.3) is 0 Å². The number of hydrogen-bond acceptors (Lipinski definition) is 3. The summed E-state index contributed by atoms with van der Waals surface area (Å²) in [4.78, 5) is 14.9. The third kappa shape index (κ3) is 2.78. The number of carboxylic acids is 1. The molecule has 1 aromatic carbocycles. The van der Waals surface area contributed by atoms with Gasteiger partial charge in [-0.1, -0.05) is 17.7 Å². The van der Waals surface area contributed by atoms with Crippen molar-refractivity contribution in [2.75, 3.05) is 0 Å². The SMILES string of the molecule is Cc1ccc(C(=O)O)c(Oc2cncc(Cl)c2)c1. The minimum absolute atomic E-state index is 0.0978. The number of carbonyl (C=O) groups is 1. The molecule has 0 aliphatic heterocycles. The third-order valence-corrected chi connectivity index (χ3v) is 2.48. The van der Waals surface area contributed by atoms with Gasteiger partial charge in [-0.05, 0) is 24.6 Å². The van der Waals surface area contributed by atoms with Crippen LogP contribution in [0.1, 0.15) is 15.9 Å². The van der Waals surface area contributed by atoms with Crippen molar-refractivity contribution in [1.29, 1.82) is 0 Å². The average molecular weight is 264 g/mol. The zero-order valence-corrected chi connectivity index (χ0v) is 10.3. The molecule has 1 N–H and O–H groups in total. The number of rotatable bonds is 3. The van der Waals surface area contributed by atoms with Crippen LogP contribution in [0.15, 0.2) is 36.7 Å². The second-order valence-electron chi connectivity index (χ2n) is 3.75. The van der Waals surface area contributed by atoms with Gasteiger partial charge in [-0.2, -0.15) is 0 Å². The molecule has 1 heterocycles. The Labute approximate surface area is 109 Å². The van der Waals surface area contributed by atoms with Crippen LogP contribution in [-0.2, 0) is 0 Å². The Balaban J connectivity index is 2.39. The molecule has 18 heavy (non-hydrogen) atoms. The predicted molar refractivity (Wildman–Crippen MR) is 67.5 cm³/mol. The smallest absolute Gasteiger partial charge is 0.339 e. The Bertz CT molecular complexity index is 599. The maximum Gasteiger partial charge on any atom is 0.339 e. The van der Waals surface area contributed by atoms with E-state index in [1.807, 2.05) is 6.92 Å². The molecule has 4 nitrogen and oxygen atoms in total. The van der Waals surface area contributed by atoms with E-state index in [-0.39, 0.29) is 11.3 Å². The first-order valence-electron chi connectivity index (χ1n) is 5.18. The van der Waals surface area contributed by atoms with E-state index in [9.17, 15) is 4.79 Å². The van der Waals surface area contributed by atoms with Gasteiger partial charge in [0.2, 0.25) is 0 Å². The summed E-state index contributed by atoms with van der Waals surface area (Å²) < 4.78 is 5.50. The van der Waals surface area contributed by atoms with E-state index in [0.29, 0.717) is 10.8 Å². The highest BCUT2D eigenvalue weighted by Crippen LogP contribution is 2.27. The zero-order valence-electron chi connectivity index (χ0n) is 9.55. The van der Waals surface area contributed by atoms with Crippen LogP contribution in [0.25, 0.3) is 0 Å². The monoisotopic (exact) mass is 263 g/mol. The molecule has 0 saturated carbocycles. The molecule has 0 bridgehead atoms. The number of ether oxygens (including phenoxy) is 1. The van der Waals surface area contributed by atoms with E-state index in [2.05, 4.69) is 4.98 Å². The zero-order chi connectivity index (χ0) is 13.1. The summed E-state index contributed by atoms with van der Waals surface area (Å²) in [5.41, 5.74) is 1.01. The molecule has 0 saturated heterocycles. The van der Waals surface area contributed by atoms with Crippen LogP contribution in [-0.4, -0.2) is 16.1 Å². The first-order valence-corrected chi connectivity index (χ1v) is 5.56. The number of halogens is 1. The summed E-state index contributed by atoms with van der Waals surface area (Å²) >= 11 is 5.79. The molecule has 0 aliphatic rings. The topological polar surface area (TPSA) is 59.4 Å². The Hall–Kier alpha value is -2.07. The number of aromatic nitrogens is 1. The molecular weight excluding hydrogens is 254 g/mol. The Morgan fingerprint density at radius 1 is 1.33 bits per heavy atom. The number of pyridine rings is 1. The number of hydrogen-bond donors (Lipinski definition) is 1. The summed E-state index contributed by atoms with van der Waals surface area (Å²) in [6, 6.07) is 6.45. The largest absolute Gasteiger partial charge is 0.478 e. The minimum atomic E-state index is -1.04. The molecule has 92 valence electrons. The van der Waals surface area contributed by atoms with Gasteiger partial charge >= 0.3 is 5.97 Å². The van der Waals surface area contributed by atoms with Gasteiger partial charge in [-0.25, -0.2) is 4.79 Å². The van der Waals surface area contributed by atoms with E-state index in [1.165, 1.54) is 18.5 Å². The predicted octanol–water partition coefficient (Wildman–Crippen LogP) is 3.53. The van der Waals surface area contributed by atoms with Crippen molar-refractivity contribution in [2.45, 2.75) is 6.92 Å². The number of carboxylic acid groups (broad SMARTS) is 1. The van der Waals surface area contributed by atoms with E-state index < -0.39 is 5.97 Å². The molecule has 2 aromatic rings. The first-order chi connectivity index (χ1) is 8.56. The lowest BCUT2D eigenvalue weighted by molar-refractivity contribution is 0.0694. The highest BCUT2D eigenvalue weighted by atomic mass is 35.5. The maximum atomic E-state index is 11.1. The van der Waals surface area contributed by atoms with E-state index in [1.54, 1.807) is 18.2 Å². The van der Waals surface area contributed by atoms with E-state index >= 15 is 0 Å². The van der Waals surface area contributed by atoms with Crippen molar-refractivity contribution in [3.05, 3.63) is 52.8 Å². The molecule has 0 spiro atoms.